The van der Waals surface area contributed by atoms with Crippen molar-refractivity contribution in [3.8, 4) is 5.75 Å². The molecule has 1 N–H and O–H groups in total. The van der Waals surface area contributed by atoms with Gasteiger partial charge in [-0.2, -0.15) is 0 Å². The van der Waals surface area contributed by atoms with Gasteiger partial charge < -0.3 is 14.8 Å². The molecule has 2 rings (SSSR count). The Morgan fingerprint density at radius 3 is 2.25 bits per heavy atom. The summed E-state index contributed by atoms with van der Waals surface area (Å²) in [5, 5.41) is 2.67. The zero-order valence-corrected chi connectivity index (χ0v) is 13.9. The van der Waals surface area contributed by atoms with Crippen LogP contribution in [0, 0.1) is 6.92 Å². The van der Waals surface area contributed by atoms with Gasteiger partial charge in [0, 0.05) is 5.69 Å². The van der Waals surface area contributed by atoms with E-state index in [0.29, 0.717) is 11.4 Å². The van der Waals surface area contributed by atoms with Crippen LogP contribution < -0.4 is 10.1 Å². The predicted molar refractivity (Wildman–Crippen MR) is 92.1 cm³/mol. The Hall–Kier alpha value is -2.82. The Morgan fingerprint density at radius 2 is 1.62 bits per heavy atom. The summed E-state index contributed by atoms with van der Waals surface area (Å²) >= 11 is 0. The average molecular weight is 327 g/mol. The molecular formula is C19H21NO4. The van der Waals surface area contributed by atoms with Crippen LogP contribution in [-0.4, -0.2) is 25.1 Å². The fourth-order valence-electron chi connectivity index (χ4n) is 1.99. The van der Waals surface area contributed by atoms with E-state index in [4.69, 9.17) is 9.47 Å². The number of aryl methyl sites for hydroxylation is 2. The first-order chi connectivity index (χ1) is 11.6. The topological polar surface area (TPSA) is 64.6 Å². The fourth-order valence-corrected chi connectivity index (χ4v) is 1.99. The highest BCUT2D eigenvalue weighted by molar-refractivity contribution is 5.92. The largest absolute Gasteiger partial charge is 0.482 e. The van der Waals surface area contributed by atoms with E-state index in [-0.39, 0.29) is 19.1 Å². The summed E-state index contributed by atoms with van der Waals surface area (Å²) in [4.78, 5) is 23.4. The molecule has 0 aromatic heterocycles. The molecule has 0 aliphatic heterocycles. The van der Waals surface area contributed by atoms with Crippen LogP contribution in [0.2, 0.25) is 0 Å². The molecule has 1 amide bonds. The Bertz CT molecular complexity index is 678. The fraction of sp³-hybridized carbons (Fsp3) is 0.263. The van der Waals surface area contributed by atoms with Crippen molar-refractivity contribution in [2.75, 3.05) is 18.5 Å². The second-order valence-corrected chi connectivity index (χ2v) is 5.36. The molecule has 0 saturated carbocycles. The second kappa shape index (κ2) is 8.72. The number of nitrogens with one attached hydrogen (secondary N) is 1. The number of amides is 1. The molecule has 0 bridgehead atoms. The Labute approximate surface area is 141 Å². The van der Waals surface area contributed by atoms with Crippen LogP contribution in [0.3, 0.4) is 0 Å². The minimum absolute atomic E-state index is 0.235. The highest BCUT2D eigenvalue weighted by Gasteiger charge is 2.09. The Morgan fingerprint density at radius 1 is 0.958 bits per heavy atom. The van der Waals surface area contributed by atoms with E-state index in [9.17, 15) is 9.59 Å². The lowest BCUT2D eigenvalue weighted by Gasteiger charge is -2.08. The third-order valence-electron chi connectivity index (χ3n) is 3.39. The highest BCUT2D eigenvalue weighted by Crippen LogP contribution is 2.11. The van der Waals surface area contributed by atoms with Crippen molar-refractivity contribution in [2.45, 2.75) is 20.3 Å². The molecule has 0 radical (unpaired) electrons. The van der Waals surface area contributed by atoms with Gasteiger partial charge in [-0.1, -0.05) is 36.8 Å². The lowest BCUT2D eigenvalue weighted by molar-refractivity contribution is -0.149. The number of carbonyl (C=O) groups excluding carboxylic acids is 2. The number of ether oxygens (including phenoxy) is 2. The minimum Gasteiger partial charge on any atom is -0.482 e. The van der Waals surface area contributed by atoms with Crippen molar-refractivity contribution >= 4 is 17.6 Å². The number of hydrogen-bond acceptors (Lipinski definition) is 4. The van der Waals surface area contributed by atoms with Gasteiger partial charge in [0.2, 0.25) is 0 Å². The molecule has 0 unspecified atom stereocenters. The number of hydrogen-bond donors (Lipinski definition) is 1. The normalized spacial score (nSPS) is 10.1. The van der Waals surface area contributed by atoms with Gasteiger partial charge in [-0.3, -0.25) is 4.79 Å². The molecule has 0 fully saturated rings. The predicted octanol–water partition coefficient (Wildman–Crippen LogP) is 3.12. The third kappa shape index (κ3) is 5.76. The molecule has 5 heteroatoms. The van der Waals surface area contributed by atoms with E-state index < -0.39 is 5.97 Å². The van der Waals surface area contributed by atoms with Crippen LogP contribution in [0.5, 0.6) is 5.75 Å². The summed E-state index contributed by atoms with van der Waals surface area (Å²) in [5.41, 5.74) is 2.96. The zero-order chi connectivity index (χ0) is 17.4. The molecule has 126 valence electrons. The van der Waals surface area contributed by atoms with Crippen LogP contribution in [0.1, 0.15) is 18.1 Å². The summed E-state index contributed by atoms with van der Waals surface area (Å²) < 4.78 is 10.2. The van der Waals surface area contributed by atoms with Crippen LogP contribution in [0.15, 0.2) is 48.5 Å². The number of esters is 1. The molecule has 0 aliphatic carbocycles. The van der Waals surface area contributed by atoms with E-state index >= 15 is 0 Å². The first kappa shape index (κ1) is 17.5. The summed E-state index contributed by atoms with van der Waals surface area (Å²) in [5.74, 6) is -0.395. The highest BCUT2D eigenvalue weighted by atomic mass is 16.6. The van der Waals surface area contributed by atoms with Gasteiger partial charge in [-0.25, -0.2) is 4.79 Å². The summed E-state index contributed by atoms with van der Waals surface area (Å²) in [7, 11) is 0. The molecule has 0 saturated heterocycles. The average Bonchev–Trinajstić information content (AvgIpc) is 2.60. The number of carbonyl (C=O) groups is 2. The first-order valence-corrected chi connectivity index (χ1v) is 7.80. The van der Waals surface area contributed by atoms with Crippen molar-refractivity contribution in [1.29, 1.82) is 0 Å². The third-order valence-corrected chi connectivity index (χ3v) is 3.39. The molecule has 2 aromatic rings. The lowest BCUT2D eigenvalue weighted by atomic mass is 10.1. The standard InChI is InChI=1S/C19H21NO4/c1-3-15-6-8-16(9-7-15)20-18(21)12-24-19(22)13-23-17-10-4-14(2)5-11-17/h4-11H,3,12-13H2,1-2H3,(H,20,21). The molecule has 2 aromatic carbocycles. The van der Waals surface area contributed by atoms with E-state index in [1.54, 1.807) is 12.1 Å². The van der Waals surface area contributed by atoms with E-state index in [1.165, 1.54) is 5.56 Å². The van der Waals surface area contributed by atoms with E-state index in [1.807, 2.05) is 43.3 Å². The molecule has 0 spiro atoms. The maximum Gasteiger partial charge on any atom is 0.344 e. The maximum atomic E-state index is 11.8. The van der Waals surface area contributed by atoms with E-state index in [0.717, 1.165) is 12.0 Å². The number of anilines is 1. The van der Waals surface area contributed by atoms with Gasteiger partial charge in [-0.15, -0.1) is 0 Å². The zero-order valence-electron chi connectivity index (χ0n) is 13.9. The number of rotatable bonds is 7. The molecular weight excluding hydrogens is 306 g/mol. The summed E-state index contributed by atoms with van der Waals surface area (Å²) in [6.07, 6.45) is 0.937. The molecule has 24 heavy (non-hydrogen) atoms. The van der Waals surface area contributed by atoms with Crippen LogP contribution >= 0.6 is 0 Å². The molecule has 5 nitrogen and oxygen atoms in total. The maximum absolute atomic E-state index is 11.8. The summed E-state index contributed by atoms with van der Waals surface area (Å²) in [6, 6.07) is 14.8. The first-order valence-electron chi connectivity index (χ1n) is 7.80. The molecule has 0 heterocycles. The smallest absolute Gasteiger partial charge is 0.344 e. The van der Waals surface area contributed by atoms with Crippen LogP contribution in [-0.2, 0) is 20.7 Å². The van der Waals surface area contributed by atoms with Crippen molar-refractivity contribution < 1.29 is 19.1 Å². The Kier molecular flexibility index (Phi) is 6.37. The SMILES string of the molecule is CCc1ccc(NC(=O)COC(=O)COc2ccc(C)cc2)cc1. The van der Waals surface area contributed by atoms with Crippen molar-refractivity contribution in [3.05, 3.63) is 59.7 Å². The van der Waals surface area contributed by atoms with Crippen LogP contribution in [0.4, 0.5) is 5.69 Å². The van der Waals surface area contributed by atoms with Crippen molar-refractivity contribution in [2.24, 2.45) is 0 Å². The monoisotopic (exact) mass is 327 g/mol. The Balaban J connectivity index is 1.70. The number of benzene rings is 2. The summed E-state index contributed by atoms with van der Waals surface area (Å²) in [6.45, 7) is 3.45. The van der Waals surface area contributed by atoms with E-state index in [2.05, 4.69) is 12.2 Å². The van der Waals surface area contributed by atoms with Crippen molar-refractivity contribution in [1.82, 2.24) is 0 Å². The quantitative estimate of drug-likeness (QED) is 0.794. The van der Waals surface area contributed by atoms with Gasteiger partial charge in [0.05, 0.1) is 0 Å². The van der Waals surface area contributed by atoms with Gasteiger partial charge in [0.15, 0.2) is 13.2 Å². The lowest BCUT2D eigenvalue weighted by Crippen LogP contribution is -2.23. The van der Waals surface area contributed by atoms with Crippen LogP contribution in [0.25, 0.3) is 0 Å². The van der Waals surface area contributed by atoms with Gasteiger partial charge in [0.1, 0.15) is 5.75 Å². The molecule has 0 atom stereocenters. The minimum atomic E-state index is -0.591. The van der Waals surface area contributed by atoms with Crippen molar-refractivity contribution in [3.63, 3.8) is 0 Å². The second-order valence-electron chi connectivity index (χ2n) is 5.36. The van der Waals surface area contributed by atoms with Gasteiger partial charge >= 0.3 is 5.97 Å². The molecule has 0 aliphatic rings. The van der Waals surface area contributed by atoms with Gasteiger partial charge in [-0.05, 0) is 43.2 Å². The van der Waals surface area contributed by atoms with Gasteiger partial charge in [0.25, 0.3) is 5.91 Å².